The molecule has 1 amide bonds. The third-order valence-electron chi connectivity index (χ3n) is 5.52. The quantitative estimate of drug-likeness (QED) is 0.616. The number of piperidine rings is 1. The summed E-state index contributed by atoms with van der Waals surface area (Å²) >= 11 is 7.20. The fourth-order valence-corrected chi connectivity index (χ4v) is 6.91. The molecule has 2 fully saturated rings. The first-order valence-corrected chi connectivity index (χ1v) is 13.0. The average molecular weight is 542 g/mol. The standard InChI is InChI=1S/C18H22ClN3O3S2.C2HF3O2/c19-15-2-1-14-9-18(26-16(14)10-15)27(24,25)22-8-7-21(17(23)12-22)11-13-3-5-20-6-4-13;3-2(4,5)1(6)7/h1-2,9-10,13,20H,3-8,11-12H2;(H,6,7). The third-order valence-corrected chi connectivity index (χ3v) is 9.14. The number of benzene rings is 1. The second-order valence-electron chi connectivity index (χ2n) is 7.92. The molecule has 0 spiro atoms. The monoisotopic (exact) mass is 541 g/mol. The summed E-state index contributed by atoms with van der Waals surface area (Å²) in [7, 11) is -3.67. The zero-order chi connectivity index (χ0) is 25.1. The highest BCUT2D eigenvalue weighted by molar-refractivity contribution is 7.91. The number of sulfonamides is 1. The van der Waals surface area contributed by atoms with Crippen molar-refractivity contribution in [3.63, 3.8) is 0 Å². The van der Waals surface area contributed by atoms with E-state index in [-0.39, 0.29) is 16.7 Å². The summed E-state index contributed by atoms with van der Waals surface area (Å²) in [5.74, 6) is -2.36. The first-order chi connectivity index (χ1) is 15.9. The summed E-state index contributed by atoms with van der Waals surface area (Å²) in [5, 5.41) is 11.9. The van der Waals surface area contributed by atoms with Gasteiger partial charge in [0.15, 0.2) is 0 Å². The van der Waals surface area contributed by atoms with Gasteiger partial charge < -0.3 is 15.3 Å². The number of piperazine rings is 1. The van der Waals surface area contributed by atoms with Gasteiger partial charge in [-0.3, -0.25) is 4.79 Å². The Hall–Kier alpha value is -1.93. The van der Waals surface area contributed by atoms with E-state index < -0.39 is 22.2 Å². The number of nitrogens with zero attached hydrogens (tertiary/aromatic N) is 2. The van der Waals surface area contributed by atoms with E-state index in [1.165, 1.54) is 15.6 Å². The van der Waals surface area contributed by atoms with E-state index in [4.69, 9.17) is 21.5 Å². The summed E-state index contributed by atoms with van der Waals surface area (Å²) in [5.41, 5.74) is 0. The number of fused-ring (bicyclic) bond motifs is 1. The topological polar surface area (TPSA) is 107 Å². The number of carboxylic acid groups (broad SMARTS) is 1. The summed E-state index contributed by atoms with van der Waals surface area (Å²) in [6, 6.07) is 6.99. The molecule has 2 aliphatic heterocycles. The average Bonchev–Trinajstić information content (AvgIpc) is 3.20. The molecule has 0 bridgehead atoms. The molecule has 2 aliphatic rings. The second kappa shape index (κ2) is 10.8. The number of amides is 1. The maximum Gasteiger partial charge on any atom is 0.490 e. The Morgan fingerprint density at radius 3 is 2.44 bits per heavy atom. The van der Waals surface area contributed by atoms with Crippen LogP contribution >= 0.6 is 22.9 Å². The van der Waals surface area contributed by atoms with E-state index in [2.05, 4.69) is 5.32 Å². The molecule has 4 rings (SSSR count). The van der Waals surface area contributed by atoms with E-state index in [0.717, 1.165) is 42.6 Å². The number of carbonyl (C=O) groups excluding carboxylic acids is 1. The number of aliphatic carboxylic acids is 1. The number of rotatable bonds is 4. The van der Waals surface area contributed by atoms with Crippen LogP contribution in [0.4, 0.5) is 13.2 Å². The van der Waals surface area contributed by atoms with Crippen molar-refractivity contribution in [2.45, 2.75) is 23.2 Å². The van der Waals surface area contributed by atoms with Crippen LogP contribution in [-0.4, -0.2) is 80.1 Å². The normalized spacial score (nSPS) is 18.6. The molecule has 2 saturated heterocycles. The molecule has 1 aromatic carbocycles. The third kappa shape index (κ3) is 6.60. The Morgan fingerprint density at radius 2 is 1.85 bits per heavy atom. The SMILES string of the molecule is O=C(O)C(F)(F)F.O=C1CN(S(=O)(=O)c2cc3ccc(Cl)cc3s2)CCN1CC1CCNCC1. The predicted molar refractivity (Wildman–Crippen MR) is 121 cm³/mol. The van der Waals surface area contributed by atoms with Crippen LogP contribution in [0.25, 0.3) is 10.1 Å². The van der Waals surface area contributed by atoms with Gasteiger partial charge in [-0.2, -0.15) is 17.5 Å². The van der Waals surface area contributed by atoms with Crippen molar-refractivity contribution < 1.29 is 36.3 Å². The fraction of sp³-hybridized carbons (Fsp3) is 0.500. The molecule has 188 valence electrons. The first-order valence-electron chi connectivity index (χ1n) is 10.4. The lowest BCUT2D eigenvalue weighted by Gasteiger charge is -2.36. The first kappa shape index (κ1) is 26.7. The molecule has 0 atom stereocenters. The number of thiophene rings is 1. The minimum atomic E-state index is -5.08. The zero-order valence-corrected chi connectivity index (χ0v) is 20.2. The van der Waals surface area contributed by atoms with Crippen molar-refractivity contribution in [1.29, 1.82) is 0 Å². The molecule has 14 heteroatoms. The lowest BCUT2D eigenvalue weighted by atomic mass is 9.97. The van der Waals surface area contributed by atoms with Crippen molar-refractivity contribution in [1.82, 2.24) is 14.5 Å². The van der Waals surface area contributed by atoms with Gasteiger partial charge in [-0.05, 0) is 55.4 Å². The molecule has 2 aromatic rings. The lowest BCUT2D eigenvalue weighted by Crippen LogP contribution is -2.53. The highest BCUT2D eigenvalue weighted by Crippen LogP contribution is 2.33. The maximum atomic E-state index is 13.0. The van der Waals surface area contributed by atoms with Gasteiger partial charge >= 0.3 is 12.1 Å². The summed E-state index contributed by atoms with van der Waals surface area (Å²) < 4.78 is 60.2. The summed E-state index contributed by atoms with van der Waals surface area (Å²) in [6.07, 6.45) is -2.95. The van der Waals surface area contributed by atoms with Crippen molar-refractivity contribution in [3.8, 4) is 0 Å². The van der Waals surface area contributed by atoms with Crippen LogP contribution < -0.4 is 5.32 Å². The lowest BCUT2D eigenvalue weighted by molar-refractivity contribution is -0.192. The van der Waals surface area contributed by atoms with Crippen molar-refractivity contribution >= 4 is 54.9 Å². The van der Waals surface area contributed by atoms with Gasteiger partial charge in [0, 0.05) is 29.4 Å². The Bertz CT molecular complexity index is 1150. The van der Waals surface area contributed by atoms with Gasteiger partial charge in [-0.1, -0.05) is 17.7 Å². The van der Waals surface area contributed by atoms with E-state index in [9.17, 15) is 26.4 Å². The van der Waals surface area contributed by atoms with E-state index in [1.807, 2.05) is 11.0 Å². The molecule has 2 N–H and O–H groups in total. The van der Waals surface area contributed by atoms with Crippen molar-refractivity contribution in [2.24, 2.45) is 5.92 Å². The number of hydrogen-bond acceptors (Lipinski definition) is 6. The van der Waals surface area contributed by atoms with Gasteiger partial charge in [-0.25, -0.2) is 13.2 Å². The van der Waals surface area contributed by atoms with Crippen LogP contribution in [0.3, 0.4) is 0 Å². The van der Waals surface area contributed by atoms with Gasteiger partial charge in [0.05, 0.1) is 6.54 Å². The molecular formula is C20H23ClF3N3O5S2. The minimum absolute atomic E-state index is 0.0810. The molecule has 3 heterocycles. The molecule has 0 aliphatic carbocycles. The fourth-order valence-electron chi connectivity index (χ4n) is 3.70. The highest BCUT2D eigenvalue weighted by Gasteiger charge is 2.38. The number of alkyl halides is 3. The molecule has 8 nitrogen and oxygen atoms in total. The van der Waals surface area contributed by atoms with Gasteiger partial charge in [0.2, 0.25) is 5.91 Å². The van der Waals surface area contributed by atoms with Crippen LogP contribution in [-0.2, 0) is 19.6 Å². The molecular weight excluding hydrogens is 519 g/mol. The number of hydrogen-bond donors (Lipinski definition) is 2. The van der Waals surface area contributed by atoms with Crippen molar-refractivity contribution in [2.75, 3.05) is 39.3 Å². The van der Waals surface area contributed by atoms with Gasteiger partial charge in [0.25, 0.3) is 10.0 Å². The molecule has 34 heavy (non-hydrogen) atoms. The van der Waals surface area contributed by atoms with Crippen molar-refractivity contribution in [3.05, 3.63) is 29.3 Å². The van der Waals surface area contributed by atoms with Gasteiger partial charge in [0.1, 0.15) is 4.21 Å². The van der Waals surface area contributed by atoms with Crippen LogP contribution in [0.2, 0.25) is 5.02 Å². The summed E-state index contributed by atoms with van der Waals surface area (Å²) in [4.78, 5) is 23.3. The minimum Gasteiger partial charge on any atom is -0.475 e. The second-order valence-corrected chi connectivity index (χ2v) is 11.6. The Balaban J connectivity index is 0.000000406. The molecule has 0 radical (unpaired) electrons. The van der Waals surface area contributed by atoms with Crippen LogP contribution in [0, 0.1) is 5.92 Å². The number of carboxylic acids is 1. The highest BCUT2D eigenvalue weighted by atomic mass is 35.5. The van der Waals surface area contributed by atoms with Gasteiger partial charge in [-0.15, -0.1) is 11.3 Å². The number of nitrogens with one attached hydrogen (secondary N) is 1. The Morgan fingerprint density at radius 1 is 1.21 bits per heavy atom. The maximum absolute atomic E-state index is 13.0. The Kier molecular flexibility index (Phi) is 8.45. The molecule has 0 saturated carbocycles. The predicted octanol–water partition coefficient (Wildman–Crippen LogP) is 3.02. The smallest absolute Gasteiger partial charge is 0.475 e. The van der Waals surface area contributed by atoms with E-state index in [0.29, 0.717) is 24.0 Å². The number of halogens is 4. The number of carbonyl (C=O) groups is 2. The van der Waals surface area contributed by atoms with Crippen LogP contribution in [0.5, 0.6) is 0 Å². The molecule has 1 aromatic heterocycles. The van der Waals surface area contributed by atoms with E-state index in [1.54, 1.807) is 18.2 Å². The largest absolute Gasteiger partial charge is 0.490 e. The Labute approximate surface area is 203 Å². The van der Waals surface area contributed by atoms with Crippen LogP contribution in [0.1, 0.15) is 12.8 Å². The molecule has 0 unspecified atom stereocenters. The van der Waals surface area contributed by atoms with E-state index >= 15 is 0 Å². The summed E-state index contributed by atoms with van der Waals surface area (Å²) in [6.45, 7) is 3.43. The van der Waals surface area contributed by atoms with Crippen LogP contribution in [0.15, 0.2) is 28.5 Å². The zero-order valence-electron chi connectivity index (χ0n) is 17.8.